The molecule has 1 fully saturated rings. The van der Waals surface area contributed by atoms with Gasteiger partial charge in [0.1, 0.15) is 0 Å². The molecule has 0 heterocycles. The van der Waals surface area contributed by atoms with Crippen LogP contribution in [0, 0.1) is 11.3 Å². The molecular formula is C15H28N2O4. The number of carbonyl (C=O) groups excluding carboxylic acids is 1. The lowest BCUT2D eigenvalue weighted by Crippen LogP contribution is -2.50. The Morgan fingerprint density at radius 2 is 1.81 bits per heavy atom. The van der Waals surface area contributed by atoms with E-state index < -0.39 is 17.6 Å². The van der Waals surface area contributed by atoms with Crippen molar-refractivity contribution in [3.63, 3.8) is 0 Å². The summed E-state index contributed by atoms with van der Waals surface area (Å²) in [6.07, 6.45) is 5.73. The summed E-state index contributed by atoms with van der Waals surface area (Å²) in [6.45, 7) is 5.82. The zero-order valence-electron chi connectivity index (χ0n) is 13.2. The Labute approximate surface area is 126 Å². The number of urea groups is 1. The second kappa shape index (κ2) is 7.11. The number of nitrogens with one attached hydrogen (secondary N) is 2. The molecule has 1 aliphatic rings. The van der Waals surface area contributed by atoms with E-state index in [0.717, 1.165) is 26.2 Å². The molecule has 0 radical (unpaired) electrons. The number of carboxylic acids is 1. The number of aliphatic carboxylic acids is 1. The highest BCUT2D eigenvalue weighted by Gasteiger charge is 2.35. The molecular weight excluding hydrogens is 272 g/mol. The van der Waals surface area contributed by atoms with Gasteiger partial charge in [-0.1, -0.05) is 26.7 Å². The number of carboxylic acid groups (broad SMARTS) is 1. The largest absolute Gasteiger partial charge is 0.479 e. The molecule has 0 bridgehead atoms. The first-order chi connectivity index (χ1) is 9.67. The van der Waals surface area contributed by atoms with Gasteiger partial charge in [-0.3, -0.25) is 0 Å². The molecule has 0 aliphatic heterocycles. The highest BCUT2D eigenvalue weighted by molar-refractivity contribution is 5.79. The molecule has 0 aromatic rings. The Morgan fingerprint density at radius 3 is 2.29 bits per heavy atom. The van der Waals surface area contributed by atoms with E-state index in [1.165, 1.54) is 12.8 Å². The fraction of sp³-hybridized carbons (Fsp3) is 0.867. The lowest BCUT2D eigenvalue weighted by Gasteiger charge is -2.31. The predicted octanol–water partition coefficient (Wildman–Crippen LogP) is 1.73. The topological polar surface area (TPSA) is 98.7 Å². The van der Waals surface area contributed by atoms with Gasteiger partial charge in [-0.25, -0.2) is 9.59 Å². The Kier molecular flexibility index (Phi) is 6.01. The van der Waals surface area contributed by atoms with Crippen LogP contribution in [0.15, 0.2) is 0 Å². The number of amides is 2. The van der Waals surface area contributed by atoms with Gasteiger partial charge in [-0.2, -0.15) is 0 Å². The van der Waals surface area contributed by atoms with Crippen LogP contribution >= 0.6 is 0 Å². The molecule has 0 spiro atoms. The van der Waals surface area contributed by atoms with Gasteiger partial charge in [-0.15, -0.1) is 0 Å². The van der Waals surface area contributed by atoms with E-state index in [9.17, 15) is 14.7 Å². The average Bonchev–Trinajstić information content (AvgIpc) is 2.82. The van der Waals surface area contributed by atoms with E-state index in [1.807, 2.05) is 0 Å². The third kappa shape index (κ3) is 5.53. The summed E-state index contributed by atoms with van der Waals surface area (Å²) in [4.78, 5) is 22.5. The lowest BCUT2D eigenvalue weighted by atomic mass is 9.78. The zero-order valence-corrected chi connectivity index (χ0v) is 13.2. The Hall–Kier alpha value is -1.30. The first-order valence-electron chi connectivity index (χ1n) is 7.64. The molecule has 1 saturated carbocycles. The molecule has 4 N–H and O–H groups in total. The minimum atomic E-state index is -1.94. The summed E-state index contributed by atoms with van der Waals surface area (Å²) in [5.41, 5.74) is -1.78. The van der Waals surface area contributed by atoms with Gasteiger partial charge < -0.3 is 20.8 Å². The molecule has 1 atom stereocenters. The van der Waals surface area contributed by atoms with Crippen LogP contribution in [-0.4, -0.2) is 40.9 Å². The smallest absolute Gasteiger partial charge is 0.337 e. The molecule has 0 aromatic carbocycles. The second-order valence-electron chi connectivity index (χ2n) is 6.92. The van der Waals surface area contributed by atoms with Crippen molar-refractivity contribution in [3.8, 4) is 0 Å². The van der Waals surface area contributed by atoms with Gasteiger partial charge in [0.2, 0.25) is 0 Å². The van der Waals surface area contributed by atoms with Crippen LogP contribution in [0.25, 0.3) is 0 Å². The quantitative estimate of drug-likeness (QED) is 0.575. The summed E-state index contributed by atoms with van der Waals surface area (Å²) in [5, 5.41) is 23.6. The van der Waals surface area contributed by atoms with Gasteiger partial charge in [0.25, 0.3) is 0 Å². The maximum atomic E-state index is 11.8. The molecule has 21 heavy (non-hydrogen) atoms. The summed E-state index contributed by atoms with van der Waals surface area (Å²) >= 11 is 0. The monoisotopic (exact) mass is 300 g/mol. The second-order valence-corrected chi connectivity index (χ2v) is 6.92. The van der Waals surface area contributed by atoms with Crippen molar-refractivity contribution in [2.24, 2.45) is 11.3 Å². The molecule has 0 saturated heterocycles. The first kappa shape index (κ1) is 17.8. The van der Waals surface area contributed by atoms with Crippen LogP contribution in [0.4, 0.5) is 4.79 Å². The zero-order chi connectivity index (χ0) is 16.1. The highest BCUT2D eigenvalue weighted by Crippen LogP contribution is 2.42. The molecule has 122 valence electrons. The van der Waals surface area contributed by atoms with Crippen molar-refractivity contribution in [2.75, 3.05) is 13.1 Å². The summed E-state index contributed by atoms with van der Waals surface area (Å²) in [6, 6.07) is -0.424. The number of rotatable bonds is 7. The molecule has 0 aromatic heterocycles. The van der Waals surface area contributed by atoms with E-state index in [-0.39, 0.29) is 12.0 Å². The minimum absolute atomic E-state index is 0.167. The Morgan fingerprint density at radius 1 is 1.24 bits per heavy atom. The van der Waals surface area contributed by atoms with Gasteiger partial charge in [0.15, 0.2) is 5.60 Å². The Balaban J connectivity index is 2.42. The fourth-order valence-electron chi connectivity index (χ4n) is 3.10. The molecule has 1 aliphatic carbocycles. The summed E-state index contributed by atoms with van der Waals surface area (Å²) in [5.74, 6) is -0.768. The van der Waals surface area contributed by atoms with E-state index in [0.29, 0.717) is 12.5 Å². The number of hydrogen-bond acceptors (Lipinski definition) is 3. The van der Waals surface area contributed by atoms with Gasteiger partial charge in [0.05, 0.1) is 6.54 Å². The van der Waals surface area contributed by atoms with Crippen LogP contribution in [-0.2, 0) is 4.79 Å². The first-order valence-corrected chi connectivity index (χ1v) is 7.64. The van der Waals surface area contributed by atoms with Crippen molar-refractivity contribution < 1.29 is 19.8 Å². The van der Waals surface area contributed by atoms with Crippen molar-refractivity contribution in [1.82, 2.24) is 10.6 Å². The highest BCUT2D eigenvalue weighted by atomic mass is 16.4. The van der Waals surface area contributed by atoms with Crippen LogP contribution in [0.2, 0.25) is 0 Å². The molecule has 1 unspecified atom stereocenters. The van der Waals surface area contributed by atoms with E-state index in [4.69, 9.17) is 5.11 Å². The average molecular weight is 300 g/mol. The van der Waals surface area contributed by atoms with E-state index in [2.05, 4.69) is 24.5 Å². The summed E-state index contributed by atoms with van der Waals surface area (Å²) < 4.78 is 0. The van der Waals surface area contributed by atoms with Gasteiger partial charge in [0, 0.05) is 6.54 Å². The van der Waals surface area contributed by atoms with Crippen molar-refractivity contribution in [1.29, 1.82) is 0 Å². The SMILES string of the molecule is CC(C)CC1(CNC(=O)NCC(C)(O)C(=O)O)CCCC1. The standard InChI is InChI=1S/C15H28N2O4/c1-11(2)8-15(6-4-5-7-15)10-17-13(20)16-9-14(3,21)12(18)19/h11,21H,4-10H2,1-3H3,(H,18,19)(H2,16,17,20). The predicted molar refractivity (Wildman–Crippen MR) is 80.0 cm³/mol. The van der Waals surface area contributed by atoms with Gasteiger partial charge >= 0.3 is 12.0 Å². The third-order valence-corrected chi connectivity index (χ3v) is 4.18. The molecule has 6 heteroatoms. The normalized spacial score (nSPS) is 20.0. The van der Waals surface area contributed by atoms with Gasteiger partial charge in [-0.05, 0) is 37.5 Å². The third-order valence-electron chi connectivity index (χ3n) is 4.18. The summed E-state index contributed by atoms with van der Waals surface area (Å²) in [7, 11) is 0. The number of aliphatic hydroxyl groups is 1. The number of carbonyl (C=O) groups is 2. The number of hydrogen-bond donors (Lipinski definition) is 4. The van der Waals surface area contributed by atoms with Crippen LogP contribution in [0.1, 0.15) is 52.9 Å². The molecule has 2 amide bonds. The Bertz CT molecular complexity index is 374. The maximum Gasteiger partial charge on any atom is 0.337 e. The van der Waals surface area contributed by atoms with Crippen molar-refractivity contribution >= 4 is 12.0 Å². The van der Waals surface area contributed by atoms with Crippen LogP contribution in [0.3, 0.4) is 0 Å². The van der Waals surface area contributed by atoms with Crippen molar-refractivity contribution in [3.05, 3.63) is 0 Å². The lowest BCUT2D eigenvalue weighted by molar-refractivity contribution is -0.155. The maximum absolute atomic E-state index is 11.8. The van der Waals surface area contributed by atoms with E-state index >= 15 is 0 Å². The van der Waals surface area contributed by atoms with Crippen LogP contribution < -0.4 is 10.6 Å². The minimum Gasteiger partial charge on any atom is -0.479 e. The molecule has 6 nitrogen and oxygen atoms in total. The fourth-order valence-corrected chi connectivity index (χ4v) is 3.10. The van der Waals surface area contributed by atoms with Crippen LogP contribution in [0.5, 0.6) is 0 Å². The molecule has 1 rings (SSSR count). The van der Waals surface area contributed by atoms with E-state index in [1.54, 1.807) is 0 Å². The van der Waals surface area contributed by atoms with Crippen molar-refractivity contribution in [2.45, 2.75) is 58.5 Å².